The predicted octanol–water partition coefficient (Wildman–Crippen LogP) is 4.72. The van der Waals surface area contributed by atoms with Gasteiger partial charge >= 0.3 is 0 Å². The van der Waals surface area contributed by atoms with Crippen LogP contribution in [0.2, 0.25) is 0 Å². The summed E-state index contributed by atoms with van der Waals surface area (Å²) in [6.45, 7) is 3.86. The Morgan fingerprint density at radius 1 is 1.17 bits per heavy atom. The van der Waals surface area contributed by atoms with Gasteiger partial charge in [0.05, 0.1) is 27.7 Å². The number of carbonyl (C=O) groups is 1. The van der Waals surface area contributed by atoms with Crippen molar-refractivity contribution in [2.75, 3.05) is 5.32 Å². The van der Waals surface area contributed by atoms with E-state index in [2.05, 4.69) is 21.5 Å². The van der Waals surface area contributed by atoms with Gasteiger partial charge in [0, 0.05) is 5.39 Å². The molecule has 2 heterocycles. The highest BCUT2D eigenvalue weighted by Crippen LogP contribution is 2.28. The summed E-state index contributed by atoms with van der Waals surface area (Å²) in [5.41, 5.74) is 3.09. The van der Waals surface area contributed by atoms with E-state index >= 15 is 0 Å². The number of pyridine rings is 1. The van der Waals surface area contributed by atoms with Crippen molar-refractivity contribution in [2.45, 2.75) is 24.1 Å². The molecule has 1 unspecified atom stereocenters. The first-order valence-electron chi connectivity index (χ1n) is 9.44. The van der Waals surface area contributed by atoms with E-state index in [1.807, 2.05) is 74.5 Å². The second-order valence-electron chi connectivity index (χ2n) is 6.81. The number of nitriles is 1. The Balaban J connectivity index is 1.56. The first-order chi connectivity index (χ1) is 14.6. The summed E-state index contributed by atoms with van der Waals surface area (Å²) in [5, 5.41) is 18.0. The minimum atomic E-state index is -0.413. The summed E-state index contributed by atoms with van der Waals surface area (Å²) < 4.78 is 1.56. The third kappa shape index (κ3) is 3.91. The molecule has 1 atom stereocenters. The Labute approximate surface area is 178 Å². The average Bonchev–Trinajstić information content (AvgIpc) is 3.17. The van der Waals surface area contributed by atoms with Crippen LogP contribution in [0.5, 0.6) is 0 Å². The van der Waals surface area contributed by atoms with Crippen LogP contribution in [-0.4, -0.2) is 25.9 Å². The molecule has 148 valence electrons. The van der Waals surface area contributed by atoms with Crippen LogP contribution in [0.25, 0.3) is 16.6 Å². The fourth-order valence-electron chi connectivity index (χ4n) is 3.15. The Morgan fingerprint density at radius 2 is 1.90 bits per heavy atom. The van der Waals surface area contributed by atoms with E-state index in [-0.39, 0.29) is 5.91 Å². The monoisotopic (exact) mass is 413 g/mol. The number of hydrogen-bond acceptors (Lipinski definition) is 5. The first-order valence-corrected chi connectivity index (χ1v) is 10.3. The molecule has 4 aromatic rings. The molecule has 6 nitrogen and oxygen atoms in total. The Bertz CT molecular complexity index is 1260. The van der Waals surface area contributed by atoms with Crippen LogP contribution in [0.1, 0.15) is 18.1 Å². The second kappa shape index (κ2) is 8.39. The average molecular weight is 414 g/mol. The maximum atomic E-state index is 12.9. The Hall–Kier alpha value is -3.63. The molecule has 0 aliphatic rings. The lowest BCUT2D eigenvalue weighted by molar-refractivity contribution is -0.115. The first kappa shape index (κ1) is 19.7. The molecule has 7 heteroatoms. The number of nitrogens with one attached hydrogen (secondary N) is 1. The summed E-state index contributed by atoms with van der Waals surface area (Å²) in [6.07, 6.45) is 1.45. The van der Waals surface area contributed by atoms with Gasteiger partial charge in [-0.1, -0.05) is 48.2 Å². The van der Waals surface area contributed by atoms with Gasteiger partial charge in [0.25, 0.3) is 0 Å². The van der Waals surface area contributed by atoms with Crippen molar-refractivity contribution >= 4 is 34.4 Å². The largest absolute Gasteiger partial charge is 0.309 e. The number of amides is 1. The van der Waals surface area contributed by atoms with Crippen LogP contribution >= 0.6 is 11.8 Å². The number of benzene rings is 2. The minimum absolute atomic E-state index is 0.221. The number of aromatic nitrogens is 3. The second-order valence-corrected chi connectivity index (χ2v) is 8.17. The molecular formula is C23H19N5OS. The van der Waals surface area contributed by atoms with Gasteiger partial charge in [0.1, 0.15) is 11.6 Å². The topological polar surface area (TPSA) is 83.6 Å². The number of fused-ring (bicyclic) bond motifs is 1. The number of carbonyl (C=O) groups excluding carboxylic acids is 1. The van der Waals surface area contributed by atoms with Gasteiger partial charge < -0.3 is 5.32 Å². The van der Waals surface area contributed by atoms with E-state index in [0.717, 1.165) is 27.2 Å². The van der Waals surface area contributed by atoms with Gasteiger partial charge in [-0.15, -0.1) is 0 Å². The molecule has 0 aliphatic heterocycles. The summed E-state index contributed by atoms with van der Waals surface area (Å²) in [6, 6.07) is 21.4. The molecule has 2 aromatic carbocycles. The maximum absolute atomic E-state index is 12.9. The lowest BCUT2D eigenvalue weighted by atomic mass is 10.1. The standard InChI is InChI=1S/C23H19N5OS/c1-15-12-21(26-20-11-7-6-10-19(15)20)30-16(2)23(29)27-22-17(13-24)14-25-28(22)18-8-4-3-5-9-18/h3-12,14,16H,1-2H3,(H,27,29). The van der Waals surface area contributed by atoms with Gasteiger partial charge in [-0.2, -0.15) is 10.4 Å². The number of rotatable bonds is 5. The molecule has 4 rings (SSSR count). The molecule has 1 N–H and O–H groups in total. The summed E-state index contributed by atoms with van der Waals surface area (Å²) in [4.78, 5) is 17.6. The fourth-order valence-corrected chi connectivity index (χ4v) is 4.07. The van der Waals surface area contributed by atoms with Crippen molar-refractivity contribution < 1.29 is 4.79 Å². The van der Waals surface area contributed by atoms with E-state index in [1.54, 1.807) is 4.68 Å². The number of aryl methyl sites for hydroxylation is 1. The zero-order valence-corrected chi connectivity index (χ0v) is 17.4. The molecule has 0 radical (unpaired) electrons. The zero-order valence-electron chi connectivity index (χ0n) is 16.5. The third-order valence-electron chi connectivity index (χ3n) is 4.70. The molecule has 2 aromatic heterocycles. The van der Waals surface area contributed by atoms with Crippen molar-refractivity contribution in [1.29, 1.82) is 5.26 Å². The van der Waals surface area contributed by atoms with Crippen LogP contribution in [0, 0.1) is 18.3 Å². The molecule has 0 saturated carbocycles. The highest BCUT2D eigenvalue weighted by atomic mass is 32.2. The highest BCUT2D eigenvalue weighted by Gasteiger charge is 2.20. The molecule has 1 amide bonds. The summed E-state index contributed by atoms with van der Waals surface area (Å²) in [7, 11) is 0. The van der Waals surface area contributed by atoms with Crippen LogP contribution in [-0.2, 0) is 4.79 Å². The summed E-state index contributed by atoms with van der Waals surface area (Å²) >= 11 is 1.38. The van der Waals surface area contributed by atoms with E-state index < -0.39 is 5.25 Å². The number of para-hydroxylation sites is 2. The van der Waals surface area contributed by atoms with Crippen LogP contribution < -0.4 is 5.32 Å². The smallest absolute Gasteiger partial charge is 0.238 e. The number of nitrogens with zero attached hydrogens (tertiary/aromatic N) is 4. The minimum Gasteiger partial charge on any atom is -0.309 e. The Kier molecular flexibility index (Phi) is 5.50. The number of hydrogen-bond donors (Lipinski definition) is 1. The third-order valence-corrected chi connectivity index (χ3v) is 5.72. The van der Waals surface area contributed by atoms with Crippen LogP contribution in [0.3, 0.4) is 0 Å². The molecular weight excluding hydrogens is 394 g/mol. The van der Waals surface area contributed by atoms with E-state index in [0.29, 0.717) is 11.4 Å². The molecule has 30 heavy (non-hydrogen) atoms. The van der Waals surface area contributed by atoms with Gasteiger partial charge in [-0.25, -0.2) is 9.67 Å². The van der Waals surface area contributed by atoms with Crippen molar-refractivity contribution in [3.63, 3.8) is 0 Å². The van der Waals surface area contributed by atoms with Crippen molar-refractivity contribution in [3.05, 3.63) is 78.0 Å². The van der Waals surface area contributed by atoms with E-state index in [4.69, 9.17) is 0 Å². The molecule has 0 fully saturated rings. The molecule has 0 aliphatic carbocycles. The SMILES string of the molecule is Cc1cc(SC(C)C(=O)Nc2c(C#N)cnn2-c2ccccc2)nc2ccccc12. The maximum Gasteiger partial charge on any atom is 0.238 e. The van der Waals surface area contributed by atoms with Gasteiger partial charge in [0.15, 0.2) is 5.82 Å². The van der Waals surface area contributed by atoms with Crippen molar-refractivity contribution in [3.8, 4) is 11.8 Å². The zero-order chi connectivity index (χ0) is 21.1. The van der Waals surface area contributed by atoms with Crippen molar-refractivity contribution in [1.82, 2.24) is 14.8 Å². The normalized spacial score (nSPS) is 11.8. The van der Waals surface area contributed by atoms with E-state index in [9.17, 15) is 10.1 Å². The number of thioether (sulfide) groups is 1. The van der Waals surface area contributed by atoms with Crippen LogP contribution in [0.15, 0.2) is 71.9 Å². The molecule has 0 bridgehead atoms. The fraction of sp³-hybridized carbons (Fsp3) is 0.130. The molecule has 0 saturated heterocycles. The summed E-state index contributed by atoms with van der Waals surface area (Å²) in [5.74, 6) is 0.144. The van der Waals surface area contributed by atoms with Crippen molar-refractivity contribution in [2.24, 2.45) is 0 Å². The number of anilines is 1. The molecule has 0 spiro atoms. The lowest BCUT2D eigenvalue weighted by Gasteiger charge is -2.14. The van der Waals surface area contributed by atoms with E-state index in [1.165, 1.54) is 18.0 Å². The quantitative estimate of drug-likeness (QED) is 0.479. The van der Waals surface area contributed by atoms with Gasteiger partial charge in [-0.05, 0) is 43.7 Å². The van der Waals surface area contributed by atoms with Gasteiger partial charge in [-0.3, -0.25) is 4.79 Å². The lowest BCUT2D eigenvalue weighted by Crippen LogP contribution is -2.24. The van der Waals surface area contributed by atoms with Gasteiger partial charge in [0.2, 0.25) is 5.91 Å². The highest BCUT2D eigenvalue weighted by molar-refractivity contribution is 8.00. The van der Waals surface area contributed by atoms with Crippen LogP contribution in [0.4, 0.5) is 5.82 Å². The predicted molar refractivity (Wildman–Crippen MR) is 119 cm³/mol. The Morgan fingerprint density at radius 3 is 2.67 bits per heavy atom.